The summed E-state index contributed by atoms with van der Waals surface area (Å²) in [6, 6.07) is 19.3. The molecule has 0 radical (unpaired) electrons. The van der Waals surface area contributed by atoms with Crippen molar-refractivity contribution in [2.24, 2.45) is 4.99 Å². The first-order valence-corrected chi connectivity index (χ1v) is 10.2. The number of carbonyl (C=O) groups excluding carboxylic acids is 2. The minimum atomic E-state index is -0.357. The topological polar surface area (TPSA) is 60.7 Å². The van der Waals surface area contributed by atoms with Gasteiger partial charge in [-0.25, -0.2) is 0 Å². The number of hydrogen-bond donors (Lipinski definition) is 0. The third-order valence-electron chi connectivity index (χ3n) is 4.66. The summed E-state index contributed by atoms with van der Waals surface area (Å²) in [6.07, 6.45) is 0. The van der Waals surface area contributed by atoms with E-state index in [0.29, 0.717) is 17.0 Å². The van der Waals surface area contributed by atoms with Crippen molar-refractivity contribution < 1.29 is 14.3 Å². The summed E-state index contributed by atoms with van der Waals surface area (Å²) in [5.41, 5.74) is 2.45. The molecular formula is C23H20N2O3S. The zero-order chi connectivity index (χ0) is 20.4. The lowest BCUT2D eigenvalue weighted by Crippen LogP contribution is -2.23. The van der Waals surface area contributed by atoms with Crippen LogP contribution in [0.3, 0.4) is 0 Å². The largest absolute Gasteiger partial charge is 0.465 e. The van der Waals surface area contributed by atoms with E-state index in [2.05, 4.69) is 4.99 Å². The van der Waals surface area contributed by atoms with Crippen LogP contribution in [0.5, 0.6) is 0 Å². The van der Waals surface area contributed by atoms with Gasteiger partial charge in [-0.3, -0.25) is 9.59 Å². The molecule has 1 aromatic heterocycles. The predicted molar refractivity (Wildman–Crippen MR) is 115 cm³/mol. The first kappa shape index (κ1) is 19.1. The van der Waals surface area contributed by atoms with Gasteiger partial charge < -0.3 is 9.30 Å². The quantitative estimate of drug-likeness (QED) is 0.472. The molecule has 0 unspecified atom stereocenters. The van der Waals surface area contributed by atoms with E-state index >= 15 is 0 Å². The number of hydrogen-bond acceptors (Lipinski definition) is 4. The maximum atomic E-state index is 12.7. The molecule has 29 heavy (non-hydrogen) atoms. The van der Waals surface area contributed by atoms with Crippen molar-refractivity contribution in [1.82, 2.24) is 4.57 Å². The van der Waals surface area contributed by atoms with Crippen LogP contribution in [0.4, 0.5) is 0 Å². The van der Waals surface area contributed by atoms with E-state index in [1.54, 1.807) is 23.6 Å². The number of aryl methyl sites for hydroxylation is 1. The molecule has 0 saturated heterocycles. The normalized spacial score (nSPS) is 11.9. The summed E-state index contributed by atoms with van der Waals surface area (Å²) in [7, 11) is 0. The van der Waals surface area contributed by atoms with Gasteiger partial charge in [0.05, 0.1) is 16.8 Å². The molecule has 0 aliphatic carbocycles. The number of aromatic nitrogens is 1. The molecule has 6 heteroatoms. The van der Waals surface area contributed by atoms with Gasteiger partial charge in [-0.2, -0.15) is 4.99 Å². The van der Waals surface area contributed by atoms with Crippen LogP contribution in [-0.2, 0) is 16.1 Å². The number of fused-ring (bicyclic) bond motifs is 3. The van der Waals surface area contributed by atoms with Crippen LogP contribution in [0, 0.1) is 6.92 Å². The molecule has 0 spiro atoms. The monoisotopic (exact) mass is 404 g/mol. The zero-order valence-electron chi connectivity index (χ0n) is 16.2. The average Bonchev–Trinajstić information content (AvgIpc) is 3.06. The van der Waals surface area contributed by atoms with Gasteiger partial charge in [0.25, 0.3) is 5.91 Å². The van der Waals surface area contributed by atoms with E-state index in [0.717, 1.165) is 26.6 Å². The second-order valence-electron chi connectivity index (χ2n) is 6.69. The Balaban J connectivity index is 1.90. The highest BCUT2D eigenvalue weighted by Gasteiger charge is 2.14. The van der Waals surface area contributed by atoms with Crippen LogP contribution in [0.2, 0.25) is 0 Å². The van der Waals surface area contributed by atoms with E-state index in [1.807, 2.05) is 55.5 Å². The van der Waals surface area contributed by atoms with Crippen LogP contribution in [0.15, 0.2) is 65.7 Å². The molecular weight excluding hydrogens is 384 g/mol. The Labute approximate surface area is 171 Å². The predicted octanol–water partition coefficient (Wildman–Crippen LogP) is 4.47. The van der Waals surface area contributed by atoms with Gasteiger partial charge in [-0.05, 0) is 37.4 Å². The van der Waals surface area contributed by atoms with Gasteiger partial charge in [0, 0.05) is 10.9 Å². The van der Waals surface area contributed by atoms with Crippen molar-refractivity contribution >= 4 is 44.2 Å². The van der Waals surface area contributed by atoms with Crippen LogP contribution in [0.1, 0.15) is 22.8 Å². The smallest absolute Gasteiger partial charge is 0.326 e. The van der Waals surface area contributed by atoms with Gasteiger partial charge in [0.15, 0.2) is 4.80 Å². The molecule has 4 aromatic rings. The summed E-state index contributed by atoms with van der Waals surface area (Å²) < 4.78 is 7.88. The second kappa shape index (κ2) is 8.01. The molecule has 0 N–H and O–H groups in total. The van der Waals surface area contributed by atoms with E-state index < -0.39 is 0 Å². The summed E-state index contributed by atoms with van der Waals surface area (Å²) in [5.74, 6) is -0.692. The van der Waals surface area contributed by atoms with Crippen molar-refractivity contribution in [3.8, 4) is 0 Å². The fraction of sp³-hybridized carbons (Fsp3) is 0.174. The molecule has 0 atom stereocenters. The second-order valence-corrected chi connectivity index (χ2v) is 7.67. The molecule has 146 valence electrons. The first-order chi connectivity index (χ1) is 14.1. The molecule has 0 aliphatic rings. The fourth-order valence-electron chi connectivity index (χ4n) is 3.22. The van der Waals surface area contributed by atoms with Gasteiger partial charge in [-0.15, -0.1) is 0 Å². The Morgan fingerprint density at radius 1 is 1.03 bits per heavy atom. The average molecular weight is 404 g/mol. The van der Waals surface area contributed by atoms with Crippen molar-refractivity contribution in [1.29, 1.82) is 0 Å². The number of amides is 1. The Morgan fingerprint density at radius 2 is 1.79 bits per heavy atom. The Bertz CT molecular complexity index is 1280. The fourth-order valence-corrected chi connectivity index (χ4v) is 4.38. The lowest BCUT2D eigenvalue weighted by molar-refractivity contribution is -0.143. The molecule has 0 saturated carbocycles. The highest BCUT2D eigenvalue weighted by molar-refractivity contribution is 7.17. The molecule has 5 nitrogen and oxygen atoms in total. The van der Waals surface area contributed by atoms with E-state index in [9.17, 15) is 9.59 Å². The summed E-state index contributed by atoms with van der Waals surface area (Å²) in [6.45, 7) is 4.05. The third-order valence-corrected chi connectivity index (χ3v) is 5.79. The molecule has 1 heterocycles. The lowest BCUT2D eigenvalue weighted by Gasteiger charge is -2.06. The van der Waals surface area contributed by atoms with Crippen molar-refractivity contribution in [2.75, 3.05) is 6.61 Å². The number of ether oxygens (including phenoxy) is 1. The third kappa shape index (κ3) is 3.84. The highest BCUT2D eigenvalue weighted by atomic mass is 32.1. The highest BCUT2D eigenvalue weighted by Crippen LogP contribution is 2.27. The molecule has 4 rings (SSSR count). The molecule has 0 aliphatic heterocycles. The number of benzene rings is 3. The van der Waals surface area contributed by atoms with Crippen LogP contribution in [-0.4, -0.2) is 23.1 Å². The van der Waals surface area contributed by atoms with Gasteiger partial charge in [-0.1, -0.05) is 59.4 Å². The van der Waals surface area contributed by atoms with Crippen molar-refractivity contribution in [3.05, 3.63) is 76.6 Å². The zero-order valence-corrected chi connectivity index (χ0v) is 17.0. The molecule has 1 amide bonds. The van der Waals surface area contributed by atoms with Crippen molar-refractivity contribution in [2.45, 2.75) is 20.4 Å². The van der Waals surface area contributed by atoms with E-state index in [1.165, 1.54) is 11.3 Å². The van der Waals surface area contributed by atoms with Gasteiger partial charge >= 0.3 is 5.97 Å². The Morgan fingerprint density at radius 3 is 2.55 bits per heavy atom. The van der Waals surface area contributed by atoms with Gasteiger partial charge in [0.2, 0.25) is 0 Å². The van der Waals surface area contributed by atoms with Gasteiger partial charge in [0.1, 0.15) is 6.54 Å². The lowest BCUT2D eigenvalue weighted by atomic mass is 10.1. The van der Waals surface area contributed by atoms with Crippen LogP contribution >= 0.6 is 11.3 Å². The minimum Gasteiger partial charge on any atom is -0.465 e. The number of carbonyl (C=O) groups is 2. The number of nitrogens with zero attached hydrogens (tertiary/aromatic N) is 2. The van der Waals surface area contributed by atoms with E-state index in [-0.39, 0.29) is 18.4 Å². The molecule has 0 fully saturated rings. The standard InChI is InChI=1S/C23H20N2O3S/c1-3-28-20(26)14-25-19-13-12-16-6-4-5-7-18(16)21(19)29-23(25)24-22(27)17-10-8-15(2)9-11-17/h4-13H,3,14H2,1-2H3. The molecule has 0 bridgehead atoms. The van der Waals surface area contributed by atoms with Crippen molar-refractivity contribution in [3.63, 3.8) is 0 Å². The maximum absolute atomic E-state index is 12.7. The SMILES string of the molecule is CCOC(=O)Cn1c(=NC(=O)c2ccc(C)cc2)sc2c3ccccc3ccc21. The summed E-state index contributed by atoms with van der Waals surface area (Å²) in [5, 5.41) is 2.16. The summed E-state index contributed by atoms with van der Waals surface area (Å²) in [4.78, 5) is 29.8. The number of esters is 1. The number of thiazole rings is 1. The van der Waals surface area contributed by atoms with E-state index in [4.69, 9.17) is 4.74 Å². The maximum Gasteiger partial charge on any atom is 0.326 e. The minimum absolute atomic E-state index is 0.00614. The Kier molecular flexibility index (Phi) is 5.27. The number of rotatable bonds is 4. The van der Waals surface area contributed by atoms with Crippen LogP contribution in [0.25, 0.3) is 21.0 Å². The van der Waals surface area contributed by atoms with Crippen LogP contribution < -0.4 is 4.80 Å². The summed E-state index contributed by atoms with van der Waals surface area (Å²) >= 11 is 1.41. The molecule has 3 aromatic carbocycles. The Hall–Kier alpha value is -3.25. The first-order valence-electron chi connectivity index (χ1n) is 9.39.